The first-order chi connectivity index (χ1) is 15.6. The van der Waals surface area contributed by atoms with Gasteiger partial charge in [-0.25, -0.2) is 10.5 Å². The summed E-state index contributed by atoms with van der Waals surface area (Å²) in [5, 5.41) is 16.4. The number of fused-ring (bicyclic) bond motifs is 1. The Morgan fingerprint density at radius 2 is 2.09 bits per heavy atom. The van der Waals surface area contributed by atoms with Gasteiger partial charge in [0.1, 0.15) is 6.04 Å². The number of carbonyl (C=O) groups excluding carboxylic acids is 3. The number of aromatic nitrogens is 1. The molecule has 9 heteroatoms. The molecule has 170 valence electrons. The third-order valence-electron chi connectivity index (χ3n) is 6.46. The van der Waals surface area contributed by atoms with E-state index >= 15 is 0 Å². The van der Waals surface area contributed by atoms with E-state index < -0.39 is 12.0 Å². The van der Waals surface area contributed by atoms with Crippen molar-refractivity contribution in [1.82, 2.24) is 20.5 Å². The second-order valence-corrected chi connectivity index (χ2v) is 8.62. The van der Waals surface area contributed by atoms with Crippen molar-refractivity contribution in [3.63, 3.8) is 0 Å². The number of anilines is 1. The number of hydroxylamine groups is 2. The number of nitrogens with one attached hydrogen (secondary N) is 2. The Labute approximate surface area is 186 Å². The number of nitrogens with zero attached hydrogens (tertiary/aromatic N) is 3. The lowest BCUT2D eigenvalue weighted by molar-refractivity contribution is -0.159. The monoisotopic (exact) mass is 439 g/mol. The second-order valence-electron chi connectivity index (χ2n) is 8.62. The van der Waals surface area contributed by atoms with Crippen molar-refractivity contribution in [1.29, 1.82) is 0 Å². The van der Waals surface area contributed by atoms with E-state index in [1.54, 1.807) is 12.4 Å². The minimum Gasteiger partial charge on any atom is -0.324 e. The maximum Gasteiger partial charge on any atom is 0.248 e. The maximum atomic E-state index is 13.4. The second kappa shape index (κ2) is 10.1. The van der Waals surface area contributed by atoms with Gasteiger partial charge in [-0.05, 0) is 30.9 Å². The standard InChI is InChI=1S/C23H29N5O4/c29-15-27(32)14-18(12-16-4-1-2-5-16)23(31)28-21(9-11-25-28)22(30)26-20-7-3-6-17-13-24-10-8-19(17)20/h3,6-8,10,13,15-16,18,21,25,32H,1-2,4-5,9,11-12,14H2,(H,26,30). The Balaban J connectivity index is 1.49. The van der Waals surface area contributed by atoms with Crippen LogP contribution in [0.25, 0.3) is 10.8 Å². The molecule has 2 heterocycles. The molecule has 4 rings (SSSR count). The molecular weight excluding hydrogens is 410 g/mol. The largest absolute Gasteiger partial charge is 0.324 e. The van der Waals surface area contributed by atoms with Crippen molar-refractivity contribution in [2.24, 2.45) is 11.8 Å². The molecule has 2 unspecified atom stereocenters. The van der Waals surface area contributed by atoms with Gasteiger partial charge in [-0.15, -0.1) is 0 Å². The van der Waals surface area contributed by atoms with Gasteiger partial charge in [0.25, 0.3) is 0 Å². The van der Waals surface area contributed by atoms with Crippen molar-refractivity contribution in [2.75, 3.05) is 18.4 Å². The van der Waals surface area contributed by atoms with Crippen LogP contribution >= 0.6 is 0 Å². The van der Waals surface area contributed by atoms with Crippen LogP contribution in [0.1, 0.15) is 38.5 Å². The van der Waals surface area contributed by atoms with Crippen LogP contribution in [-0.4, -0.2) is 57.6 Å². The van der Waals surface area contributed by atoms with Gasteiger partial charge >= 0.3 is 0 Å². The van der Waals surface area contributed by atoms with Crippen LogP contribution in [0.5, 0.6) is 0 Å². The number of benzene rings is 1. The molecule has 1 saturated carbocycles. The highest BCUT2D eigenvalue weighted by Crippen LogP contribution is 2.32. The molecule has 2 fully saturated rings. The van der Waals surface area contributed by atoms with E-state index in [0.717, 1.165) is 36.5 Å². The highest BCUT2D eigenvalue weighted by molar-refractivity contribution is 6.04. The lowest BCUT2D eigenvalue weighted by Gasteiger charge is -2.30. The summed E-state index contributed by atoms with van der Waals surface area (Å²) in [5.74, 6) is -0.720. The molecule has 3 N–H and O–H groups in total. The van der Waals surface area contributed by atoms with E-state index in [4.69, 9.17) is 0 Å². The number of hydrazine groups is 1. The number of pyridine rings is 1. The molecule has 32 heavy (non-hydrogen) atoms. The molecular formula is C23H29N5O4. The van der Waals surface area contributed by atoms with Gasteiger partial charge in [0.2, 0.25) is 18.2 Å². The SMILES string of the molecule is O=CN(O)CC(CC1CCCC1)C(=O)N1NCCC1C(=O)Nc1cccc2cnccc12. The third-order valence-corrected chi connectivity index (χ3v) is 6.46. The zero-order chi connectivity index (χ0) is 22.5. The van der Waals surface area contributed by atoms with Crippen LogP contribution in [0.15, 0.2) is 36.7 Å². The van der Waals surface area contributed by atoms with Crippen molar-refractivity contribution >= 4 is 34.7 Å². The zero-order valence-corrected chi connectivity index (χ0v) is 17.9. The Morgan fingerprint density at radius 1 is 1.28 bits per heavy atom. The zero-order valence-electron chi connectivity index (χ0n) is 17.9. The summed E-state index contributed by atoms with van der Waals surface area (Å²) in [5.41, 5.74) is 3.70. The van der Waals surface area contributed by atoms with Crippen LogP contribution in [0.2, 0.25) is 0 Å². The van der Waals surface area contributed by atoms with Gasteiger partial charge < -0.3 is 5.32 Å². The van der Waals surface area contributed by atoms with Crippen LogP contribution in [0.4, 0.5) is 5.69 Å². The fourth-order valence-corrected chi connectivity index (χ4v) is 4.86. The number of rotatable bonds is 8. The third kappa shape index (κ3) is 4.89. The molecule has 1 saturated heterocycles. The van der Waals surface area contributed by atoms with Gasteiger partial charge in [-0.3, -0.25) is 29.6 Å². The van der Waals surface area contributed by atoms with Gasteiger partial charge in [-0.1, -0.05) is 37.8 Å². The van der Waals surface area contributed by atoms with E-state index in [-0.39, 0.29) is 18.4 Å². The van der Waals surface area contributed by atoms with Gasteiger partial charge in [0.15, 0.2) is 0 Å². The molecule has 0 radical (unpaired) electrons. The molecule has 2 atom stereocenters. The molecule has 1 aromatic carbocycles. The predicted octanol–water partition coefficient (Wildman–Crippen LogP) is 2.32. The van der Waals surface area contributed by atoms with E-state index in [1.807, 2.05) is 24.3 Å². The Kier molecular flexibility index (Phi) is 6.96. The minimum atomic E-state index is -0.672. The van der Waals surface area contributed by atoms with Crippen LogP contribution in [-0.2, 0) is 14.4 Å². The molecule has 1 aliphatic heterocycles. The van der Waals surface area contributed by atoms with Crippen LogP contribution < -0.4 is 10.7 Å². The minimum absolute atomic E-state index is 0.0817. The number of carbonyl (C=O) groups is 3. The molecule has 3 amide bonds. The average Bonchev–Trinajstić information content (AvgIpc) is 3.50. The van der Waals surface area contributed by atoms with E-state index in [1.165, 1.54) is 5.01 Å². The molecule has 0 spiro atoms. The van der Waals surface area contributed by atoms with Gasteiger partial charge in [0, 0.05) is 35.4 Å². The molecule has 9 nitrogen and oxygen atoms in total. The van der Waals surface area contributed by atoms with Crippen LogP contribution in [0, 0.1) is 11.8 Å². The predicted molar refractivity (Wildman–Crippen MR) is 118 cm³/mol. The highest BCUT2D eigenvalue weighted by atomic mass is 16.5. The van der Waals surface area contributed by atoms with E-state index in [9.17, 15) is 19.6 Å². The lowest BCUT2D eigenvalue weighted by atomic mass is 9.92. The summed E-state index contributed by atoms with van der Waals surface area (Å²) in [6.07, 6.45) is 9.15. The summed E-state index contributed by atoms with van der Waals surface area (Å²) >= 11 is 0. The molecule has 2 aliphatic rings. The number of hydrogen-bond acceptors (Lipinski definition) is 6. The summed E-state index contributed by atoms with van der Waals surface area (Å²) in [4.78, 5) is 41.6. The average molecular weight is 440 g/mol. The Bertz CT molecular complexity index is 973. The van der Waals surface area contributed by atoms with E-state index in [2.05, 4.69) is 15.7 Å². The fraction of sp³-hybridized carbons (Fsp3) is 0.478. The quantitative estimate of drug-likeness (QED) is 0.330. The van der Waals surface area contributed by atoms with Crippen molar-refractivity contribution in [3.05, 3.63) is 36.7 Å². The fourth-order valence-electron chi connectivity index (χ4n) is 4.86. The lowest BCUT2D eigenvalue weighted by Crippen LogP contribution is -2.51. The maximum absolute atomic E-state index is 13.4. The highest BCUT2D eigenvalue weighted by Gasteiger charge is 2.39. The van der Waals surface area contributed by atoms with Crippen LogP contribution in [0.3, 0.4) is 0 Å². The topological polar surface area (TPSA) is 115 Å². The molecule has 2 aromatic rings. The first-order valence-electron chi connectivity index (χ1n) is 11.2. The Hall–Kier alpha value is -3.04. The molecule has 1 aliphatic carbocycles. The number of hydrogen-bond donors (Lipinski definition) is 3. The number of amides is 3. The smallest absolute Gasteiger partial charge is 0.248 e. The molecule has 1 aromatic heterocycles. The van der Waals surface area contributed by atoms with Crippen molar-refractivity contribution in [2.45, 2.75) is 44.6 Å². The normalized spacial score (nSPS) is 19.8. The van der Waals surface area contributed by atoms with Crippen molar-refractivity contribution < 1.29 is 19.6 Å². The first-order valence-corrected chi connectivity index (χ1v) is 11.2. The molecule has 0 bridgehead atoms. The summed E-state index contributed by atoms with van der Waals surface area (Å²) < 4.78 is 0. The summed E-state index contributed by atoms with van der Waals surface area (Å²) in [6.45, 7) is 0.414. The van der Waals surface area contributed by atoms with Crippen molar-refractivity contribution in [3.8, 4) is 0 Å². The van der Waals surface area contributed by atoms with Gasteiger partial charge in [0.05, 0.1) is 12.5 Å². The summed E-state index contributed by atoms with van der Waals surface area (Å²) in [7, 11) is 0. The summed E-state index contributed by atoms with van der Waals surface area (Å²) in [6, 6.07) is 6.77. The van der Waals surface area contributed by atoms with E-state index in [0.29, 0.717) is 42.5 Å². The first kappa shape index (κ1) is 22.2. The van der Waals surface area contributed by atoms with Gasteiger partial charge in [-0.2, -0.15) is 0 Å². The Morgan fingerprint density at radius 3 is 2.88 bits per heavy atom.